The minimum atomic E-state index is -0.505. The van der Waals surface area contributed by atoms with E-state index in [9.17, 15) is 0 Å². The summed E-state index contributed by atoms with van der Waals surface area (Å²) >= 11 is 0. The van der Waals surface area contributed by atoms with E-state index in [2.05, 4.69) is 10.4 Å². The summed E-state index contributed by atoms with van der Waals surface area (Å²) in [6.07, 6.45) is 0.512. The van der Waals surface area contributed by atoms with Crippen molar-refractivity contribution in [3.8, 4) is 0 Å². The van der Waals surface area contributed by atoms with Crippen molar-refractivity contribution in [1.82, 2.24) is 5.32 Å². The first-order chi connectivity index (χ1) is 3.81. The van der Waals surface area contributed by atoms with Crippen molar-refractivity contribution in [2.24, 2.45) is 10.8 Å². The van der Waals surface area contributed by atoms with Gasteiger partial charge < -0.3 is 0 Å². The van der Waals surface area contributed by atoms with E-state index >= 15 is 0 Å². The van der Waals surface area contributed by atoms with E-state index in [1.165, 1.54) is 0 Å². The van der Waals surface area contributed by atoms with Crippen LogP contribution in [0.5, 0.6) is 0 Å². The lowest BCUT2D eigenvalue weighted by Crippen LogP contribution is -2.35. The highest BCUT2D eigenvalue weighted by Crippen LogP contribution is 1.73. The van der Waals surface area contributed by atoms with Crippen molar-refractivity contribution >= 4 is 0 Å². The number of hydrogen-bond acceptors (Lipinski definition) is 4. The Balaban J connectivity index is 2.98. The lowest BCUT2D eigenvalue weighted by molar-refractivity contribution is 0.516. The van der Waals surface area contributed by atoms with Crippen molar-refractivity contribution in [3.05, 3.63) is 0 Å². The first kappa shape index (κ1) is 7.52. The largest absolute Gasteiger partial charge is 0.296 e. The highest BCUT2D eigenvalue weighted by Gasteiger charge is 1.91. The second kappa shape index (κ2) is 4.67. The smallest absolute Gasteiger partial charge is 0.171 e. The molecule has 0 saturated carbocycles. The third-order valence-electron chi connectivity index (χ3n) is 0.743. The molecule has 0 radical (unpaired) electrons. The molecule has 0 aliphatic heterocycles. The highest BCUT2D eigenvalue weighted by atomic mass is 15.2. The van der Waals surface area contributed by atoms with Crippen LogP contribution in [0.1, 0.15) is 13.3 Å². The van der Waals surface area contributed by atoms with Crippen LogP contribution >= 0.6 is 0 Å². The molecular weight excluding hydrogens is 104 g/mol. The van der Waals surface area contributed by atoms with Crippen LogP contribution in [0.4, 0.5) is 0 Å². The topological polar surface area (TPSA) is 74.3 Å². The Morgan fingerprint density at radius 3 is 2.88 bits per heavy atom. The molecule has 0 amide bonds. The SMILES string of the molecule is CCCNC(N)N=N. The Bertz CT molecular complexity index is 63.1. The third-order valence-corrected chi connectivity index (χ3v) is 0.743. The summed E-state index contributed by atoms with van der Waals surface area (Å²) in [4.78, 5) is 0. The van der Waals surface area contributed by atoms with Gasteiger partial charge >= 0.3 is 0 Å². The Morgan fingerprint density at radius 2 is 2.50 bits per heavy atom. The van der Waals surface area contributed by atoms with Crippen LogP contribution in [-0.2, 0) is 0 Å². The Kier molecular flexibility index (Phi) is 4.39. The summed E-state index contributed by atoms with van der Waals surface area (Å²) < 4.78 is 0. The van der Waals surface area contributed by atoms with Gasteiger partial charge in [-0.05, 0) is 13.0 Å². The predicted octanol–water partition coefficient (Wildman–Crippen LogP) is 0.259. The summed E-state index contributed by atoms with van der Waals surface area (Å²) in [5.74, 6) is 0. The fourth-order valence-corrected chi connectivity index (χ4v) is 0.338. The third kappa shape index (κ3) is 3.70. The summed E-state index contributed by atoms with van der Waals surface area (Å²) in [7, 11) is 0. The molecule has 0 aromatic heterocycles. The molecule has 8 heavy (non-hydrogen) atoms. The van der Waals surface area contributed by atoms with Gasteiger partial charge in [0.15, 0.2) is 6.29 Å². The Morgan fingerprint density at radius 1 is 1.88 bits per heavy atom. The monoisotopic (exact) mass is 116 g/mol. The summed E-state index contributed by atoms with van der Waals surface area (Å²) in [5.41, 5.74) is 11.6. The first-order valence-electron chi connectivity index (χ1n) is 2.66. The first-order valence-corrected chi connectivity index (χ1v) is 2.66. The van der Waals surface area contributed by atoms with Crippen molar-refractivity contribution in [2.75, 3.05) is 6.54 Å². The molecule has 0 saturated heterocycles. The minimum absolute atomic E-state index is 0.505. The number of nitrogens with one attached hydrogen (secondary N) is 2. The molecule has 1 atom stereocenters. The normalized spacial score (nSPS) is 13.2. The molecule has 0 bridgehead atoms. The van der Waals surface area contributed by atoms with Crippen molar-refractivity contribution in [3.63, 3.8) is 0 Å². The molecule has 48 valence electrons. The van der Waals surface area contributed by atoms with E-state index in [4.69, 9.17) is 11.3 Å². The van der Waals surface area contributed by atoms with Crippen LogP contribution in [0.3, 0.4) is 0 Å². The molecule has 0 spiro atoms. The van der Waals surface area contributed by atoms with Crippen LogP contribution in [0, 0.1) is 5.53 Å². The van der Waals surface area contributed by atoms with Gasteiger partial charge in [-0.15, -0.1) is 0 Å². The lowest BCUT2D eigenvalue weighted by atomic mass is 10.5. The fourth-order valence-electron chi connectivity index (χ4n) is 0.338. The van der Waals surface area contributed by atoms with Gasteiger partial charge in [-0.2, -0.15) is 5.11 Å². The minimum Gasteiger partial charge on any atom is -0.296 e. The number of rotatable bonds is 4. The van der Waals surface area contributed by atoms with Gasteiger partial charge in [-0.25, -0.2) is 5.53 Å². The van der Waals surface area contributed by atoms with E-state index < -0.39 is 6.29 Å². The maximum Gasteiger partial charge on any atom is 0.171 e. The quantitative estimate of drug-likeness (QED) is 0.364. The molecule has 4 nitrogen and oxygen atoms in total. The molecule has 0 fully saturated rings. The zero-order valence-electron chi connectivity index (χ0n) is 5.02. The maximum atomic E-state index is 6.42. The maximum absolute atomic E-state index is 6.42. The summed E-state index contributed by atoms with van der Waals surface area (Å²) in [6, 6.07) is 0. The molecule has 0 heterocycles. The number of nitrogens with zero attached hydrogens (tertiary/aromatic N) is 1. The van der Waals surface area contributed by atoms with E-state index in [0.29, 0.717) is 0 Å². The molecule has 0 aliphatic carbocycles. The second-order valence-corrected chi connectivity index (χ2v) is 1.53. The zero-order valence-corrected chi connectivity index (χ0v) is 5.02. The molecule has 0 aromatic rings. The number of nitrogens with two attached hydrogens (primary N) is 1. The standard InChI is InChI=1S/C4H12N4/c1-2-3-7-4(5)8-6/h4,6-7H,2-3,5H2,1H3. The molecule has 0 aliphatic rings. The summed E-state index contributed by atoms with van der Waals surface area (Å²) in [5, 5.41) is 5.85. The molecule has 4 N–H and O–H groups in total. The lowest BCUT2D eigenvalue weighted by Gasteiger charge is -2.03. The van der Waals surface area contributed by atoms with Gasteiger partial charge in [0.2, 0.25) is 0 Å². The van der Waals surface area contributed by atoms with E-state index in [-0.39, 0.29) is 0 Å². The molecule has 1 unspecified atom stereocenters. The van der Waals surface area contributed by atoms with Gasteiger partial charge in [0, 0.05) is 0 Å². The van der Waals surface area contributed by atoms with Gasteiger partial charge in [-0.3, -0.25) is 11.1 Å². The summed E-state index contributed by atoms with van der Waals surface area (Å²) in [6.45, 7) is 2.85. The predicted molar refractivity (Wildman–Crippen MR) is 31.4 cm³/mol. The molecular formula is C4H12N4. The van der Waals surface area contributed by atoms with Crippen LogP contribution in [0.2, 0.25) is 0 Å². The zero-order chi connectivity index (χ0) is 6.41. The van der Waals surface area contributed by atoms with Gasteiger partial charge in [0.1, 0.15) is 0 Å². The second-order valence-electron chi connectivity index (χ2n) is 1.53. The van der Waals surface area contributed by atoms with Crippen LogP contribution in [0.15, 0.2) is 5.11 Å². The van der Waals surface area contributed by atoms with Crippen LogP contribution in [0.25, 0.3) is 0 Å². The van der Waals surface area contributed by atoms with Crippen molar-refractivity contribution in [1.29, 1.82) is 5.53 Å². The van der Waals surface area contributed by atoms with Crippen LogP contribution < -0.4 is 11.1 Å². The average molecular weight is 116 g/mol. The molecule has 4 heteroatoms. The Labute approximate surface area is 49.0 Å². The van der Waals surface area contributed by atoms with E-state index in [1.54, 1.807) is 0 Å². The Hall–Kier alpha value is -0.480. The van der Waals surface area contributed by atoms with Crippen LogP contribution in [-0.4, -0.2) is 12.8 Å². The van der Waals surface area contributed by atoms with E-state index in [0.717, 1.165) is 13.0 Å². The van der Waals surface area contributed by atoms with Gasteiger partial charge in [0.05, 0.1) is 0 Å². The van der Waals surface area contributed by atoms with Crippen molar-refractivity contribution < 1.29 is 0 Å². The number of hydrogen-bond donors (Lipinski definition) is 3. The fraction of sp³-hybridized carbons (Fsp3) is 1.00. The molecule has 0 aromatic carbocycles. The van der Waals surface area contributed by atoms with E-state index in [1.807, 2.05) is 6.92 Å². The highest BCUT2D eigenvalue weighted by molar-refractivity contribution is 4.48. The van der Waals surface area contributed by atoms with Crippen molar-refractivity contribution in [2.45, 2.75) is 19.6 Å². The average Bonchev–Trinajstić information content (AvgIpc) is 1.83. The molecule has 0 rings (SSSR count). The van der Waals surface area contributed by atoms with Gasteiger partial charge in [0.25, 0.3) is 0 Å². The van der Waals surface area contributed by atoms with Gasteiger partial charge in [-0.1, -0.05) is 6.92 Å².